The first-order valence-corrected chi connectivity index (χ1v) is 13.0. The topological polar surface area (TPSA) is 77.1 Å². The number of amides is 2. The minimum absolute atomic E-state index is 0.201. The number of hydrogen-bond donors (Lipinski definition) is 1. The summed E-state index contributed by atoms with van der Waals surface area (Å²) in [5.74, 6) is 0.984. The Morgan fingerprint density at radius 1 is 0.895 bits per heavy atom. The molecule has 3 aromatic carbocycles. The van der Waals surface area contributed by atoms with Crippen molar-refractivity contribution in [3.8, 4) is 17.2 Å². The highest BCUT2D eigenvalue weighted by Gasteiger charge is 2.30. The predicted molar refractivity (Wildman–Crippen MR) is 149 cm³/mol. The van der Waals surface area contributed by atoms with E-state index in [0.717, 1.165) is 24.0 Å². The number of rotatable bonds is 14. The molecule has 0 radical (unpaired) electrons. The SMILES string of the molecule is CCCCNC(=O)[C@H](Cc1ccccc1)N(Cc1ccc(Cl)cc1)C(=O)COc1cc(OC)cc(OC)c1. The Hall–Kier alpha value is -3.71. The normalized spacial score (nSPS) is 11.4. The monoisotopic (exact) mass is 538 g/mol. The third kappa shape index (κ3) is 8.70. The molecule has 0 aliphatic heterocycles. The molecule has 8 heteroatoms. The van der Waals surface area contributed by atoms with E-state index in [1.807, 2.05) is 42.5 Å². The van der Waals surface area contributed by atoms with E-state index in [-0.39, 0.29) is 25.0 Å². The molecule has 0 fully saturated rings. The van der Waals surface area contributed by atoms with Crippen molar-refractivity contribution < 1.29 is 23.8 Å². The fraction of sp³-hybridized carbons (Fsp3) is 0.333. The zero-order valence-electron chi connectivity index (χ0n) is 22.1. The van der Waals surface area contributed by atoms with Crippen molar-refractivity contribution in [3.63, 3.8) is 0 Å². The van der Waals surface area contributed by atoms with Crippen molar-refractivity contribution >= 4 is 23.4 Å². The van der Waals surface area contributed by atoms with Crippen LogP contribution in [-0.2, 0) is 22.6 Å². The highest BCUT2D eigenvalue weighted by atomic mass is 35.5. The summed E-state index contributed by atoms with van der Waals surface area (Å²) in [5.41, 5.74) is 1.81. The van der Waals surface area contributed by atoms with E-state index < -0.39 is 6.04 Å². The molecule has 1 N–H and O–H groups in total. The summed E-state index contributed by atoms with van der Waals surface area (Å²) < 4.78 is 16.5. The van der Waals surface area contributed by atoms with E-state index in [1.165, 1.54) is 0 Å². The van der Waals surface area contributed by atoms with Gasteiger partial charge in [-0.05, 0) is 29.7 Å². The summed E-state index contributed by atoms with van der Waals surface area (Å²) >= 11 is 6.08. The number of benzene rings is 3. The Morgan fingerprint density at radius 3 is 2.13 bits per heavy atom. The molecule has 0 saturated carbocycles. The number of unbranched alkanes of at least 4 members (excludes halogenated alkanes) is 1. The van der Waals surface area contributed by atoms with Gasteiger partial charge in [-0.2, -0.15) is 0 Å². The second-order valence-electron chi connectivity index (χ2n) is 8.84. The van der Waals surface area contributed by atoms with Crippen molar-refractivity contribution in [2.45, 2.75) is 38.8 Å². The molecule has 0 aromatic heterocycles. The average Bonchev–Trinajstić information content (AvgIpc) is 2.95. The van der Waals surface area contributed by atoms with Crippen LogP contribution in [0.5, 0.6) is 17.2 Å². The minimum atomic E-state index is -0.735. The second kappa shape index (κ2) is 14.9. The zero-order chi connectivity index (χ0) is 27.3. The van der Waals surface area contributed by atoms with E-state index >= 15 is 0 Å². The van der Waals surface area contributed by atoms with Gasteiger partial charge in [-0.3, -0.25) is 9.59 Å². The third-order valence-corrected chi connectivity index (χ3v) is 6.31. The lowest BCUT2D eigenvalue weighted by molar-refractivity contribution is -0.142. The summed E-state index contributed by atoms with van der Waals surface area (Å²) in [6.07, 6.45) is 2.18. The van der Waals surface area contributed by atoms with Gasteiger partial charge in [-0.25, -0.2) is 0 Å². The maximum Gasteiger partial charge on any atom is 0.261 e. The van der Waals surface area contributed by atoms with Gasteiger partial charge in [0, 0.05) is 42.7 Å². The number of nitrogens with one attached hydrogen (secondary N) is 1. The van der Waals surface area contributed by atoms with Crippen LogP contribution < -0.4 is 19.5 Å². The molecule has 0 aliphatic carbocycles. The molecule has 2 amide bonds. The first-order valence-electron chi connectivity index (χ1n) is 12.6. The number of hydrogen-bond acceptors (Lipinski definition) is 5. The second-order valence-corrected chi connectivity index (χ2v) is 9.27. The molecule has 1 atom stereocenters. The Morgan fingerprint density at radius 2 is 1.53 bits per heavy atom. The Balaban J connectivity index is 1.89. The molecule has 3 aromatic rings. The van der Waals surface area contributed by atoms with Crippen molar-refractivity contribution in [1.29, 1.82) is 0 Å². The van der Waals surface area contributed by atoms with Crippen LogP contribution in [0.2, 0.25) is 5.02 Å². The van der Waals surface area contributed by atoms with Gasteiger partial charge in [0.1, 0.15) is 23.3 Å². The first kappa shape index (κ1) is 28.9. The smallest absolute Gasteiger partial charge is 0.261 e. The Kier molecular flexibility index (Phi) is 11.3. The van der Waals surface area contributed by atoms with Crippen LogP contribution in [0.15, 0.2) is 72.8 Å². The highest BCUT2D eigenvalue weighted by molar-refractivity contribution is 6.30. The Bertz CT molecular complexity index is 1150. The standard InChI is InChI=1S/C30H35ClN2O5/c1-4-5-15-32-30(35)28(16-22-9-7-6-8-10-22)33(20-23-11-13-24(31)14-12-23)29(34)21-38-27-18-25(36-2)17-26(19-27)37-3/h6-14,17-19,28H,4-5,15-16,20-21H2,1-3H3,(H,32,35)/t28-/m0/s1. The number of carbonyl (C=O) groups excluding carboxylic acids is 2. The van der Waals surface area contributed by atoms with Crippen molar-refractivity contribution in [1.82, 2.24) is 10.2 Å². The van der Waals surface area contributed by atoms with Crippen LogP contribution in [0.1, 0.15) is 30.9 Å². The molecular weight excluding hydrogens is 504 g/mol. The van der Waals surface area contributed by atoms with Gasteiger partial charge in [0.15, 0.2) is 6.61 Å². The summed E-state index contributed by atoms with van der Waals surface area (Å²) in [7, 11) is 3.09. The van der Waals surface area contributed by atoms with Crippen LogP contribution in [0.3, 0.4) is 0 Å². The van der Waals surface area contributed by atoms with Crippen LogP contribution in [0, 0.1) is 0 Å². The van der Waals surface area contributed by atoms with Crippen LogP contribution in [-0.4, -0.2) is 50.1 Å². The third-order valence-electron chi connectivity index (χ3n) is 6.05. The van der Waals surface area contributed by atoms with Crippen LogP contribution >= 0.6 is 11.6 Å². The highest BCUT2D eigenvalue weighted by Crippen LogP contribution is 2.27. The van der Waals surface area contributed by atoms with E-state index in [0.29, 0.717) is 35.2 Å². The number of ether oxygens (including phenoxy) is 3. The van der Waals surface area contributed by atoms with E-state index in [1.54, 1.807) is 49.5 Å². The van der Waals surface area contributed by atoms with E-state index in [4.69, 9.17) is 25.8 Å². The lowest BCUT2D eigenvalue weighted by Gasteiger charge is -2.31. The average molecular weight is 539 g/mol. The van der Waals surface area contributed by atoms with Crippen molar-refractivity contribution in [2.75, 3.05) is 27.4 Å². The summed E-state index contributed by atoms with van der Waals surface area (Å²) in [4.78, 5) is 28.7. The minimum Gasteiger partial charge on any atom is -0.496 e. The molecule has 3 rings (SSSR count). The van der Waals surface area contributed by atoms with Crippen molar-refractivity contribution in [3.05, 3.63) is 88.9 Å². The van der Waals surface area contributed by atoms with Crippen LogP contribution in [0.4, 0.5) is 0 Å². The largest absolute Gasteiger partial charge is 0.496 e. The maximum absolute atomic E-state index is 13.7. The lowest BCUT2D eigenvalue weighted by atomic mass is 10.0. The molecule has 38 heavy (non-hydrogen) atoms. The number of methoxy groups -OCH3 is 2. The number of carbonyl (C=O) groups is 2. The molecule has 0 saturated heterocycles. The fourth-order valence-electron chi connectivity index (χ4n) is 3.94. The predicted octanol–water partition coefficient (Wildman–Crippen LogP) is 5.29. The molecule has 0 unspecified atom stereocenters. The molecule has 0 bridgehead atoms. The number of halogens is 1. The van der Waals surface area contributed by atoms with E-state index in [9.17, 15) is 9.59 Å². The fourth-order valence-corrected chi connectivity index (χ4v) is 4.07. The van der Waals surface area contributed by atoms with Gasteiger partial charge in [0.05, 0.1) is 14.2 Å². The quantitative estimate of drug-likeness (QED) is 0.282. The first-order chi connectivity index (χ1) is 18.4. The molecular formula is C30H35ClN2O5. The Labute approximate surface area is 229 Å². The van der Waals surface area contributed by atoms with Gasteiger partial charge >= 0.3 is 0 Å². The maximum atomic E-state index is 13.7. The summed E-state index contributed by atoms with van der Waals surface area (Å²) in [6, 6.07) is 21.3. The van der Waals surface area contributed by atoms with Crippen molar-refractivity contribution in [2.24, 2.45) is 0 Å². The molecule has 0 heterocycles. The van der Waals surface area contributed by atoms with Crippen LogP contribution in [0.25, 0.3) is 0 Å². The molecule has 7 nitrogen and oxygen atoms in total. The number of nitrogens with zero attached hydrogens (tertiary/aromatic N) is 1. The molecule has 0 spiro atoms. The zero-order valence-corrected chi connectivity index (χ0v) is 22.9. The van der Waals surface area contributed by atoms with Gasteiger partial charge in [-0.15, -0.1) is 0 Å². The lowest BCUT2D eigenvalue weighted by Crippen LogP contribution is -2.51. The summed E-state index contributed by atoms with van der Waals surface area (Å²) in [6.45, 7) is 2.56. The summed E-state index contributed by atoms with van der Waals surface area (Å²) in [5, 5.41) is 3.61. The molecule has 0 aliphatic rings. The van der Waals surface area contributed by atoms with Gasteiger partial charge in [-0.1, -0.05) is 67.4 Å². The van der Waals surface area contributed by atoms with Gasteiger partial charge in [0.2, 0.25) is 5.91 Å². The van der Waals surface area contributed by atoms with Gasteiger partial charge < -0.3 is 24.4 Å². The van der Waals surface area contributed by atoms with Gasteiger partial charge in [0.25, 0.3) is 5.91 Å². The molecule has 202 valence electrons. The van der Waals surface area contributed by atoms with E-state index in [2.05, 4.69) is 12.2 Å².